The van der Waals surface area contributed by atoms with Gasteiger partial charge in [0.1, 0.15) is 0 Å². The molecule has 0 aliphatic carbocycles. The van der Waals surface area contributed by atoms with Crippen LogP contribution in [0.3, 0.4) is 0 Å². The molecule has 0 unspecified atom stereocenters. The summed E-state index contributed by atoms with van der Waals surface area (Å²) in [7, 11) is 0. The van der Waals surface area contributed by atoms with Crippen molar-refractivity contribution in [2.45, 2.75) is 38.8 Å². The number of aromatic nitrogens is 1. The Morgan fingerprint density at radius 1 is 1.32 bits per heavy atom. The van der Waals surface area contributed by atoms with Gasteiger partial charge in [-0.05, 0) is 30.5 Å². The zero-order valence-corrected chi connectivity index (χ0v) is 12.2. The van der Waals surface area contributed by atoms with Crippen molar-refractivity contribution < 1.29 is 5.11 Å². The summed E-state index contributed by atoms with van der Waals surface area (Å²) in [5.74, 6) is 0. The number of H-pyrrole nitrogens is 1. The Kier molecular flexibility index (Phi) is 4.50. The molecule has 0 fully saturated rings. The summed E-state index contributed by atoms with van der Waals surface area (Å²) in [5.41, 5.74) is 2.06. The SMILES string of the molecule is CCC(CC)(CO)NCc1c[nH]c2cc(Cl)ccc12. The molecule has 0 aliphatic rings. The second-order valence-electron chi connectivity index (χ2n) is 5.00. The van der Waals surface area contributed by atoms with Crippen molar-refractivity contribution in [3.05, 3.63) is 35.0 Å². The van der Waals surface area contributed by atoms with Crippen LogP contribution in [0.2, 0.25) is 5.02 Å². The molecule has 0 aliphatic heterocycles. The standard InChI is InChI=1S/C15H21ClN2O/c1-3-15(4-2,10-19)18-9-11-8-17-14-7-12(16)5-6-13(11)14/h5-8,17-19H,3-4,9-10H2,1-2H3. The summed E-state index contributed by atoms with van der Waals surface area (Å²) < 4.78 is 0. The number of rotatable bonds is 6. The van der Waals surface area contributed by atoms with Gasteiger partial charge in [0.05, 0.1) is 6.61 Å². The van der Waals surface area contributed by atoms with E-state index in [2.05, 4.69) is 24.1 Å². The topological polar surface area (TPSA) is 48.0 Å². The van der Waals surface area contributed by atoms with Gasteiger partial charge in [-0.3, -0.25) is 0 Å². The summed E-state index contributed by atoms with van der Waals surface area (Å²) in [6.45, 7) is 5.10. The highest BCUT2D eigenvalue weighted by Gasteiger charge is 2.24. The summed E-state index contributed by atoms with van der Waals surface area (Å²) >= 11 is 5.98. The van der Waals surface area contributed by atoms with Crippen LogP contribution in [-0.4, -0.2) is 22.2 Å². The van der Waals surface area contributed by atoms with E-state index >= 15 is 0 Å². The van der Waals surface area contributed by atoms with Gasteiger partial charge in [0.25, 0.3) is 0 Å². The van der Waals surface area contributed by atoms with Crippen LogP contribution >= 0.6 is 11.6 Å². The summed E-state index contributed by atoms with van der Waals surface area (Å²) in [4.78, 5) is 3.23. The normalized spacial score (nSPS) is 12.2. The van der Waals surface area contributed by atoms with E-state index in [1.54, 1.807) is 0 Å². The molecule has 0 saturated carbocycles. The monoisotopic (exact) mass is 280 g/mol. The zero-order chi connectivity index (χ0) is 13.9. The minimum absolute atomic E-state index is 0.161. The molecule has 1 aromatic carbocycles. The van der Waals surface area contributed by atoms with Crippen LogP contribution in [0.15, 0.2) is 24.4 Å². The second-order valence-corrected chi connectivity index (χ2v) is 5.44. The molecule has 0 radical (unpaired) electrons. The van der Waals surface area contributed by atoms with Crippen LogP contribution < -0.4 is 5.32 Å². The Labute approximate surface area is 119 Å². The van der Waals surface area contributed by atoms with Crippen LogP contribution in [0.5, 0.6) is 0 Å². The van der Waals surface area contributed by atoms with Crippen molar-refractivity contribution in [2.24, 2.45) is 0 Å². The van der Waals surface area contributed by atoms with Crippen LogP contribution in [0, 0.1) is 0 Å². The first-order valence-corrected chi connectivity index (χ1v) is 7.13. The number of nitrogens with one attached hydrogen (secondary N) is 2. The maximum absolute atomic E-state index is 9.57. The lowest BCUT2D eigenvalue weighted by Gasteiger charge is -2.30. The van der Waals surface area contributed by atoms with E-state index in [-0.39, 0.29) is 12.1 Å². The number of aliphatic hydroxyl groups is 1. The third kappa shape index (κ3) is 2.94. The molecule has 2 rings (SSSR count). The van der Waals surface area contributed by atoms with Gasteiger partial charge in [-0.1, -0.05) is 31.5 Å². The second kappa shape index (κ2) is 5.95. The first kappa shape index (κ1) is 14.4. The number of halogens is 1. The first-order valence-electron chi connectivity index (χ1n) is 6.75. The van der Waals surface area contributed by atoms with Crippen molar-refractivity contribution in [3.63, 3.8) is 0 Å². The molecule has 0 bridgehead atoms. The van der Waals surface area contributed by atoms with Gasteiger partial charge in [-0.25, -0.2) is 0 Å². The first-order chi connectivity index (χ1) is 9.14. The third-order valence-corrected chi connectivity index (χ3v) is 4.27. The van der Waals surface area contributed by atoms with E-state index in [0.29, 0.717) is 0 Å². The molecule has 3 nitrogen and oxygen atoms in total. The maximum atomic E-state index is 9.57. The van der Waals surface area contributed by atoms with E-state index in [0.717, 1.165) is 29.9 Å². The Bertz CT molecular complexity index is 538. The molecular formula is C15H21ClN2O. The maximum Gasteiger partial charge on any atom is 0.0613 e. The van der Waals surface area contributed by atoms with Gasteiger partial charge in [0.15, 0.2) is 0 Å². The molecule has 4 heteroatoms. The van der Waals surface area contributed by atoms with Crippen molar-refractivity contribution >= 4 is 22.5 Å². The van der Waals surface area contributed by atoms with E-state index in [1.165, 1.54) is 10.9 Å². The lowest BCUT2D eigenvalue weighted by molar-refractivity contribution is 0.149. The summed E-state index contributed by atoms with van der Waals surface area (Å²) in [6.07, 6.45) is 3.82. The average Bonchev–Trinajstić information content (AvgIpc) is 2.83. The van der Waals surface area contributed by atoms with Gasteiger partial charge in [0, 0.05) is 34.2 Å². The number of hydrogen-bond donors (Lipinski definition) is 3. The highest BCUT2D eigenvalue weighted by molar-refractivity contribution is 6.31. The molecule has 19 heavy (non-hydrogen) atoms. The predicted molar refractivity (Wildman–Crippen MR) is 80.5 cm³/mol. The van der Waals surface area contributed by atoms with Crippen LogP contribution in [-0.2, 0) is 6.54 Å². The average molecular weight is 281 g/mol. The quantitative estimate of drug-likeness (QED) is 0.759. The van der Waals surface area contributed by atoms with Crippen LogP contribution in [0.1, 0.15) is 32.3 Å². The molecule has 0 amide bonds. The molecule has 0 saturated heterocycles. The molecule has 1 heterocycles. The predicted octanol–water partition coefficient (Wildman–Crippen LogP) is 3.46. The molecule has 0 atom stereocenters. The molecule has 104 valence electrons. The smallest absolute Gasteiger partial charge is 0.0613 e. The number of fused-ring (bicyclic) bond motifs is 1. The van der Waals surface area contributed by atoms with Crippen molar-refractivity contribution in [1.82, 2.24) is 10.3 Å². The Balaban J connectivity index is 2.18. The molecule has 0 spiro atoms. The van der Waals surface area contributed by atoms with E-state index in [4.69, 9.17) is 11.6 Å². The van der Waals surface area contributed by atoms with Crippen molar-refractivity contribution in [3.8, 4) is 0 Å². The number of hydrogen-bond acceptors (Lipinski definition) is 2. The summed E-state index contributed by atoms with van der Waals surface area (Å²) in [5, 5.41) is 15.0. The number of benzene rings is 1. The Hall–Kier alpha value is -1.03. The van der Waals surface area contributed by atoms with Crippen molar-refractivity contribution in [2.75, 3.05) is 6.61 Å². The fourth-order valence-electron chi connectivity index (χ4n) is 2.37. The highest BCUT2D eigenvalue weighted by atomic mass is 35.5. The minimum atomic E-state index is -0.185. The molecular weight excluding hydrogens is 260 g/mol. The van der Waals surface area contributed by atoms with Gasteiger partial charge in [-0.15, -0.1) is 0 Å². The van der Waals surface area contributed by atoms with E-state index in [9.17, 15) is 5.11 Å². The zero-order valence-electron chi connectivity index (χ0n) is 11.5. The van der Waals surface area contributed by atoms with Gasteiger partial charge in [-0.2, -0.15) is 0 Å². The largest absolute Gasteiger partial charge is 0.394 e. The Morgan fingerprint density at radius 3 is 2.68 bits per heavy atom. The number of aromatic amines is 1. The fourth-order valence-corrected chi connectivity index (χ4v) is 2.54. The summed E-state index contributed by atoms with van der Waals surface area (Å²) in [6, 6.07) is 5.86. The highest BCUT2D eigenvalue weighted by Crippen LogP contribution is 2.23. The van der Waals surface area contributed by atoms with Gasteiger partial charge >= 0.3 is 0 Å². The van der Waals surface area contributed by atoms with Crippen molar-refractivity contribution in [1.29, 1.82) is 0 Å². The van der Waals surface area contributed by atoms with Crippen LogP contribution in [0.4, 0.5) is 0 Å². The molecule has 3 N–H and O–H groups in total. The van der Waals surface area contributed by atoms with E-state index in [1.807, 2.05) is 24.4 Å². The minimum Gasteiger partial charge on any atom is -0.394 e. The van der Waals surface area contributed by atoms with Crippen LogP contribution in [0.25, 0.3) is 10.9 Å². The van der Waals surface area contributed by atoms with Gasteiger partial charge < -0.3 is 15.4 Å². The fraction of sp³-hybridized carbons (Fsp3) is 0.467. The number of aliphatic hydroxyl groups excluding tert-OH is 1. The molecule has 2 aromatic rings. The third-order valence-electron chi connectivity index (χ3n) is 4.04. The van der Waals surface area contributed by atoms with Gasteiger partial charge in [0.2, 0.25) is 0 Å². The van der Waals surface area contributed by atoms with E-state index < -0.39 is 0 Å². The lowest BCUT2D eigenvalue weighted by Crippen LogP contribution is -2.47. The Morgan fingerprint density at radius 2 is 2.05 bits per heavy atom. The molecule has 1 aromatic heterocycles. The lowest BCUT2D eigenvalue weighted by atomic mass is 9.93.